The molecule has 3 nitrogen and oxygen atoms in total. The lowest BCUT2D eigenvalue weighted by Gasteiger charge is -2.23. The van der Waals surface area contributed by atoms with Crippen LogP contribution in [0.2, 0.25) is 0 Å². The van der Waals surface area contributed by atoms with Crippen molar-refractivity contribution in [2.45, 2.75) is 6.54 Å². The third kappa shape index (κ3) is 7.31. The predicted molar refractivity (Wildman–Crippen MR) is 56.9 cm³/mol. The average molecular weight is 196 g/mol. The smallest absolute Gasteiger partial charge is 0.290 e. The zero-order valence-corrected chi connectivity index (χ0v) is 8.97. The highest BCUT2D eigenvalue weighted by Gasteiger charge is 2.06. The molecule has 0 aliphatic carbocycles. The zero-order chi connectivity index (χ0) is 11.0. The number of carbonyl (C=O) groups is 1. The van der Waals surface area contributed by atoms with Crippen molar-refractivity contribution in [3.05, 3.63) is 35.9 Å². The number of quaternary nitrogens is 1. The predicted octanol–water partition coefficient (Wildman–Crippen LogP) is 1.59. The van der Waals surface area contributed by atoms with Gasteiger partial charge in [0.1, 0.15) is 6.54 Å². The molecule has 0 saturated carbocycles. The molecule has 14 heavy (non-hydrogen) atoms. The third-order valence-electron chi connectivity index (χ3n) is 1.50. The van der Waals surface area contributed by atoms with E-state index in [0.29, 0.717) is 0 Å². The van der Waals surface area contributed by atoms with Gasteiger partial charge < -0.3 is 9.59 Å². The van der Waals surface area contributed by atoms with Gasteiger partial charge in [0, 0.05) is 5.56 Å². The minimum atomic E-state index is -0.250. The van der Waals surface area contributed by atoms with Crippen LogP contribution in [0.3, 0.4) is 0 Å². The molecular weight excluding hydrogens is 178 g/mol. The quantitative estimate of drug-likeness (QED) is 0.576. The number of hydrogen-bond acceptors (Lipinski definition) is 1. The van der Waals surface area contributed by atoms with Gasteiger partial charge in [0.05, 0.1) is 21.1 Å². The third-order valence-corrected chi connectivity index (χ3v) is 1.50. The zero-order valence-electron chi connectivity index (χ0n) is 8.97. The van der Waals surface area contributed by atoms with Crippen LogP contribution >= 0.6 is 0 Å². The normalized spacial score (nSPS) is 9.93. The molecule has 0 radical (unpaired) electrons. The van der Waals surface area contributed by atoms with E-state index in [-0.39, 0.29) is 6.47 Å². The molecule has 0 heterocycles. The van der Waals surface area contributed by atoms with E-state index in [0.717, 1.165) is 11.0 Å². The summed E-state index contributed by atoms with van der Waals surface area (Å²) in [5.41, 5.74) is 1.40. The van der Waals surface area contributed by atoms with Crippen molar-refractivity contribution in [2.24, 2.45) is 0 Å². The summed E-state index contributed by atoms with van der Waals surface area (Å²) < 4.78 is 0.990. The van der Waals surface area contributed by atoms with Crippen LogP contribution in [0.4, 0.5) is 0 Å². The van der Waals surface area contributed by atoms with Crippen LogP contribution in [-0.2, 0) is 11.3 Å². The van der Waals surface area contributed by atoms with Crippen LogP contribution in [0.15, 0.2) is 30.3 Å². The van der Waals surface area contributed by atoms with Gasteiger partial charge in [0.15, 0.2) is 0 Å². The maximum absolute atomic E-state index is 8.36. The number of benzene rings is 1. The molecule has 0 amide bonds. The molecule has 1 aromatic carbocycles. The Labute approximate surface area is 85.2 Å². The van der Waals surface area contributed by atoms with Crippen molar-refractivity contribution in [2.75, 3.05) is 21.1 Å². The maximum atomic E-state index is 8.36. The van der Waals surface area contributed by atoms with E-state index >= 15 is 0 Å². The standard InChI is InChI=1S/C10H16N.CH2O2/c1-11(2,3)9-10-7-5-4-6-8-10;2-1-3/h4-8H,9H2,1-3H3;1H,(H,2,3)/q+1;. The highest BCUT2D eigenvalue weighted by Crippen LogP contribution is 2.04. The van der Waals surface area contributed by atoms with Crippen LogP contribution in [0.1, 0.15) is 5.56 Å². The first-order valence-corrected chi connectivity index (χ1v) is 4.42. The molecule has 1 rings (SSSR count). The van der Waals surface area contributed by atoms with Gasteiger partial charge in [0.25, 0.3) is 6.47 Å². The second kappa shape index (κ2) is 6.16. The summed E-state index contributed by atoms with van der Waals surface area (Å²) >= 11 is 0. The maximum Gasteiger partial charge on any atom is 0.290 e. The van der Waals surface area contributed by atoms with Gasteiger partial charge in [-0.15, -0.1) is 0 Å². The van der Waals surface area contributed by atoms with Crippen molar-refractivity contribution in [1.82, 2.24) is 0 Å². The molecule has 1 N–H and O–H groups in total. The first-order valence-electron chi connectivity index (χ1n) is 4.42. The SMILES string of the molecule is C[N+](C)(C)Cc1ccccc1.O=CO. The highest BCUT2D eigenvalue weighted by molar-refractivity contribution is 5.32. The van der Waals surface area contributed by atoms with E-state index in [4.69, 9.17) is 9.90 Å². The number of carboxylic acid groups (broad SMARTS) is 1. The van der Waals surface area contributed by atoms with Gasteiger partial charge in [0.2, 0.25) is 0 Å². The second-order valence-corrected chi connectivity index (χ2v) is 4.04. The molecule has 0 aromatic heterocycles. The molecule has 78 valence electrons. The number of nitrogens with zero attached hydrogens (tertiary/aromatic N) is 1. The van der Waals surface area contributed by atoms with Gasteiger partial charge in [-0.1, -0.05) is 30.3 Å². The summed E-state index contributed by atoms with van der Waals surface area (Å²) in [5.74, 6) is 0. The van der Waals surface area contributed by atoms with E-state index in [2.05, 4.69) is 51.5 Å². The first-order chi connectivity index (χ1) is 6.49. The first kappa shape index (κ1) is 12.7. The van der Waals surface area contributed by atoms with Crippen LogP contribution in [0.5, 0.6) is 0 Å². The Morgan fingerprint density at radius 1 is 1.21 bits per heavy atom. The number of hydrogen-bond donors (Lipinski definition) is 1. The molecule has 0 bridgehead atoms. The molecule has 3 heteroatoms. The van der Waals surface area contributed by atoms with E-state index in [9.17, 15) is 0 Å². The topological polar surface area (TPSA) is 37.3 Å². The van der Waals surface area contributed by atoms with Gasteiger partial charge >= 0.3 is 0 Å². The Balaban J connectivity index is 0.000000500. The van der Waals surface area contributed by atoms with E-state index in [1.54, 1.807) is 0 Å². The van der Waals surface area contributed by atoms with Crippen molar-refractivity contribution >= 4 is 6.47 Å². The molecule has 0 spiro atoms. The van der Waals surface area contributed by atoms with E-state index < -0.39 is 0 Å². The Morgan fingerprint density at radius 2 is 1.64 bits per heavy atom. The molecule has 0 aliphatic rings. The summed E-state index contributed by atoms with van der Waals surface area (Å²) in [5, 5.41) is 6.89. The average Bonchev–Trinajstić information content (AvgIpc) is 2.04. The Kier molecular flexibility index (Phi) is 5.56. The Bertz CT molecular complexity index is 252. The largest absolute Gasteiger partial charge is 0.483 e. The van der Waals surface area contributed by atoms with Gasteiger partial charge in [-0.05, 0) is 0 Å². The lowest BCUT2D eigenvalue weighted by molar-refractivity contribution is -0.884. The summed E-state index contributed by atoms with van der Waals surface area (Å²) in [7, 11) is 6.60. The Morgan fingerprint density at radius 3 is 2.00 bits per heavy atom. The van der Waals surface area contributed by atoms with Crippen LogP contribution < -0.4 is 0 Å². The Hall–Kier alpha value is -1.35. The van der Waals surface area contributed by atoms with Crippen molar-refractivity contribution in [1.29, 1.82) is 0 Å². The van der Waals surface area contributed by atoms with Crippen LogP contribution in [0, 0.1) is 0 Å². The molecular formula is C11H18NO2+. The lowest BCUT2D eigenvalue weighted by atomic mass is 10.2. The van der Waals surface area contributed by atoms with Gasteiger partial charge in [-0.25, -0.2) is 0 Å². The van der Waals surface area contributed by atoms with E-state index in [1.807, 2.05) is 0 Å². The second-order valence-electron chi connectivity index (χ2n) is 4.04. The molecule has 0 fully saturated rings. The highest BCUT2D eigenvalue weighted by atomic mass is 16.3. The van der Waals surface area contributed by atoms with Crippen LogP contribution in [-0.4, -0.2) is 37.2 Å². The lowest BCUT2D eigenvalue weighted by Crippen LogP contribution is -2.33. The van der Waals surface area contributed by atoms with Gasteiger partial charge in [-0.2, -0.15) is 0 Å². The fourth-order valence-electron chi connectivity index (χ4n) is 1.13. The van der Waals surface area contributed by atoms with Crippen molar-refractivity contribution < 1.29 is 14.4 Å². The molecule has 0 atom stereocenters. The minimum absolute atomic E-state index is 0.250. The molecule has 0 saturated heterocycles. The van der Waals surface area contributed by atoms with Crippen molar-refractivity contribution in [3.8, 4) is 0 Å². The van der Waals surface area contributed by atoms with E-state index in [1.165, 1.54) is 5.56 Å². The summed E-state index contributed by atoms with van der Waals surface area (Å²) in [4.78, 5) is 8.36. The fourth-order valence-corrected chi connectivity index (χ4v) is 1.13. The summed E-state index contributed by atoms with van der Waals surface area (Å²) in [6.45, 7) is 0.848. The fraction of sp³-hybridized carbons (Fsp3) is 0.364. The monoisotopic (exact) mass is 196 g/mol. The van der Waals surface area contributed by atoms with Crippen molar-refractivity contribution in [3.63, 3.8) is 0 Å². The van der Waals surface area contributed by atoms with Crippen LogP contribution in [0.25, 0.3) is 0 Å². The van der Waals surface area contributed by atoms with Gasteiger partial charge in [-0.3, -0.25) is 4.79 Å². The summed E-state index contributed by atoms with van der Waals surface area (Å²) in [6.07, 6.45) is 0. The molecule has 0 unspecified atom stereocenters. The number of rotatable bonds is 2. The minimum Gasteiger partial charge on any atom is -0.483 e. The molecule has 1 aromatic rings. The molecule has 0 aliphatic heterocycles. The summed E-state index contributed by atoms with van der Waals surface area (Å²) in [6, 6.07) is 10.6.